The first-order valence-corrected chi connectivity index (χ1v) is 6.39. The van der Waals surface area contributed by atoms with Crippen molar-refractivity contribution < 1.29 is 12.8 Å². The van der Waals surface area contributed by atoms with Gasteiger partial charge in [0.15, 0.2) is 0 Å². The van der Waals surface area contributed by atoms with E-state index in [9.17, 15) is 12.8 Å². The van der Waals surface area contributed by atoms with Crippen molar-refractivity contribution in [3.63, 3.8) is 0 Å². The van der Waals surface area contributed by atoms with Gasteiger partial charge in [-0.1, -0.05) is 11.6 Å². The molecular formula is C6H2BrCl2FO2S. The van der Waals surface area contributed by atoms with Crippen LogP contribution in [0.4, 0.5) is 4.39 Å². The van der Waals surface area contributed by atoms with Crippen LogP contribution in [0.15, 0.2) is 21.5 Å². The zero-order valence-electron chi connectivity index (χ0n) is 5.89. The first-order chi connectivity index (χ1) is 5.82. The van der Waals surface area contributed by atoms with Gasteiger partial charge < -0.3 is 0 Å². The van der Waals surface area contributed by atoms with E-state index in [1.165, 1.54) is 0 Å². The van der Waals surface area contributed by atoms with E-state index < -0.39 is 14.9 Å². The van der Waals surface area contributed by atoms with Gasteiger partial charge in [-0.25, -0.2) is 12.8 Å². The summed E-state index contributed by atoms with van der Waals surface area (Å²) in [7, 11) is 1.05. The monoisotopic (exact) mass is 306 g/mol. The molecule has 0 aliphatic heterocycles. The molecule has 13 heavy (non-hydrogen) atoms. The molecule has 7 heteroatoms. The lowest BCUT2D eigenvalue weighted by Gasteiger charge is -2.01. The third-order valence-corrected chi connectivity index (χ3v) is 3.85. The molecule has 72 valence electrons. The SMILES string of the molecule is O=S(=O)(Cl)c1cc(Cl)cc(F)c1Br. The van der Waals surface area contributed by atoms with Gasteiger partial charge in [0.05, 0.1) is 4.47 Å². The van der Waals surface area contributed by atoms with E-state index >= 15 is 0 Å². The Morgan fingerprint density at radius 1 is 1.38 bits per heavy atom. The van der Waals surface area contributed by atoms with Crippen molar-refractivity contribution in [2.75, 3.05) is 0 Å². The number of hydrogen-bond donors (Lipinski definition) is 0. The van der Waals surface area contributed by atoms with Crippen molar-refractivity contribution in [3.8, 4) is 0 Å². The number of rotatable bonds is 1. The van der Waals surface area contributed by atoms with Crippen LogP contribution >= 0.6 is 38.2 Å². The average Bonchev–Trinajstić information content (AvgIpc) is 1.94. The van der Waals surface area contributed by atoms with E-state index in [0.29, 0.717) is 0 Å². The van der Waals surface area contributed by atoms with Gasteiger partial charge >= 0.3 is 0 Å². The highest BCUT2D eigenvalue weighted by molar-refractivity contribution is 9.10. The second-order valence-corrected chi connectivity index (χ2v) is 5.90. The van der Waals surface area contributed by atoms with Gasteiger partial charge in [0.25, 0.3) is 9.05 Å². The van der Waals surface area contributed by atoms with E-state index in [1.54, 1.807) is 0 Å². The van der Waals surface area contributed by atoms with Crippen LogP contribution in [0.2, 0.25) is 5.02 Å². The molecular weight excluding hydrogens is 306 g/mol. The third-order valence-electron chi connectivity index (χ3n) is 1.22. The summed E-state index contributed by atoms with van der Waals surface area (Å²) in [6.45, 7) is 0. The Hall–Kier alpha value is 0.160. The number of benzene rings is 1. The van der Waals surface area contributed by atoms with Crippen molar-refractivity contribution in [2.45, 2.75) is 4.90 Å². The van der Waals surface area contributed by atoms with Crippen molar-refractivity contribution in [1.29, 1.82) is 0 Å². The largest absolute Gasteiger partial charge is 0.262 e. The molecule has 0 aromatic heterocycles. The van der Waals surface area contributed by atoms with Crippen LogP contribution in [0.5, 0.6) is 0 Å². The highest BCUT2D eigenvalue weighted by Crippen LogP contribution is 2.30. The molecule has 0 aliphatic carbocycles. The van der Waals surface area contributed by atoms with Crippen LogP contribution < -0.4 is 0 Å². The fourth-order valence-electron chi connectivity index (χ4n) is 0.710. The maximum atomic E-state index is 12.9. The molecule has 0 heterocycles. The first-order valence-electron chi connectivity index (χ1n) is 2.91. The molecule has 0 amide bonds. The molecule has 0 atom stereocenters. The van der Waals surface area contributed by atoms with Gasteiger partial charge in [0.2, 0.25) is 0 Å². The molecule has 1 aromatic rings. The minimum absolute atomic E-state index is 0.0278. The van der Waals surface area contributed by atoms with Gasteiger partial charge in [-0.3, -0.25) is 0 Å². The highest BCUT2D eigenvalue weighted by Gasteiger charge is 2.18. The summed E-state index contributed by atoms with van der Waals surface area (Å²) in [6, 6.07) is 2.05. The number of halogens is 4. The maximum absolute atomic E-state index is 12.9. The summed E-state index contributed by atoms with van der Waals surface area (Å²) >= 11 is 8.20. The lowest BCUT2D eigenvalue weighted by Crippen LogP contribution is -1.94. The Morgan fingerprint density at radius 2 is 1.92 bits per heavy atom. The van der Waals surface area contributed by atoms with Crippen LogP contribution in [0.1, 0.15) is 0 Å². The van der Waals surface area contributed by atoms with Gasteiger partial charge in [0.1, 0.15) is 10.7 Å². The minimum Gasteiger partial charge on any atom is -0.207 e. The topological polar surface area (TPSA) is 34.1 Å². The van der Waals surface area contributed by atoms with Gasteiger partial charge in [-0.05, 0) is 28.1 Å². The van der Waals surface area contributed by atoms with E-state index in [4.69, 9.17) is 22.3 Å². The maximum Gasteiger partial charge on any atom is 0.262 e. The Kier molecular flexibility index (Phi) is 3.22. The Morgan fingerprint density at radius 3 is 2.38 bits per heavy atom. The molecule has 0 aliphatic rings. The molecule has 2 nitrogen and oxygen atoms in total. The molecule has 0 unspecified atom stereocenters. The fourth-order valence-corrected chi connectivity index (χ4v) is 3.07. The van der Waals surface area contributed by atoms with Gasteiger partial charge in [-0.2, -0.15) is 0 Å². The summed E-state index contributed by atoms with van der Waals surface area (Å²) in [5.41, 5.74) is 0. The summed E-state index contributed by atoms with van der Waals surface area (Å²) < 4.78 is 34.4. The predicted octanol–water partition coefficient (Wildman–Crippen LogP) is 3.17. The Bertz CT molecular complexity index is 446. The van der Waals surface area contributed by atoms with E-state index in [2.05, 4.69) is 15.9 Å². The van der Waals surface area contributed by atoms with Crippen molar-refractivity contribution in [2.24, 2.45) is 0 Å². The smallest absolute Gasteiger partial charge is 0.207 e. The van der Waals surface area contributed by atoms with Crippen molar-refractivity contribution >= 4 is 47.3 Å². The fraction of sp³-hybridized carbons (Fsp3) is 0. The molecule has 0 N–H and O–H groups in total. The second kappa shape index (κ2) is 3.73. The normalized spacial score (nSPS) is 11.7. The van der Waals surface area contributed by atoms with E-state index in [0.717, 1.165) is 12.1 Å². The van der Waals surface area contributed by atoms with Crippen molar-refractivity contribution in [1.82, 2.24) is 0 Å². The van der Waals surface area contributed by atoms with Crippen LogP contribution in [0, 0.1) is 5.82 Å². The number of hydrogen-bond acceptors (Lipinski definition) is 2. The van der Waals surface area contributed by atoms with Crippen LogP contribution in [-0.4, -0.2) is 8.42 Å². The zero-order valence-corrected chi connectivity index (χ0v) is 9.81. The lowest BCUT2D eigenvalue weighted by molar-refractivity contribution is 0.598. The summed E-state index contributed by atoms with van der Waals surface area (Å²) in [5, 5.41) is -0.0278. The van der Waals surface area contributed by atoms with Gasteiger partial charge in [0, 0.05) is 15.7 Å². The second-order valence-electron chi connectivity index (χ2n) is 2.14. The molecule has 0 saturated heterocycles. The summed E-state index contributed by atoms with van der Waals surface area (Å²) in [5.74, 6) is -0.772. The van der Waals surface area contributed by atoms with Crippen molar-refractivity contribution in [3.05, 3.63) is 27.4 Å². The highest BCUT2D eigenvalue weighted by atomic mass is 79.9. The Balaban J connectivity index is 3.56. The standard InChI is InChI=1S/C6H2BrCl2FO2S/c7-6-4(10)1-3(8)2-5(6)13(9,11)12/h1-2H. The van der Waals surface area contributed by atoms with E-state index in [-0.39, 0.29) is 14.4 Å². The molecule has 1 aromatic carbocycles. The summed E-state index contributed by atoms with van der Waals surface area (Å²) in [4.78, 5) is -0.376. The van der Waals surface area contributed by atoms with Crippen LogP contribution in [0.3, 0.4) is 0 Å². The Labute approximate surface area is 92.2 Å². The molecule has 0 fully saturated rings. The van der Waals surface area contributed by atoms with E-state index in [1.807, 2.05) is 0 Å². The minimum atomic E-state index is -3.98. The quantitative estimate of drug-likeness (QED) is 0.590. The molecule has 0 radical (unpaired) electrons. The molecule has 1 rings (SSSR count). The van der Waals surface area contributed by atoms with Crippen LogP contribution in [0.25, 0.3) is 0 Å². The summed E-state index contributed by atoms with van der Waals surface area (Å²) in [6.07, 6.45) is 0. The average molecular weight is 308 g/mol. The van der Waals surface area contributed by atoms with Crippen LogP contribution in [-0.2, 0) is 9.05 Å². The molecule has 0 spiro atoms. The molecule has 0 saturated carbocycles. The predicted molar refractivity (Wildman–Crippen MR) is 52.1 cm³/mol. The molecule has 0 bridgehead atoms. The lowest BCUT2D eigenvalue weighted by atomic mass is 10.3. The first kappa shape index (κ1) is 11.2. The zero-order chi connectivity index (χ0) is 10.2. The van der Waals surface area contributed by atoms with Gasteiger partial charge in [-0.15, -0.1) is 0 Å². The third kappa shape index (κ3) is 2.56.